The van der Waals surface area contributed by atoms with E-state index in [1.165, 1.54) is 0 Å². The Morgan fingerprint density at radius 1 is 0.765 bits per heavy atom. The number of phenolic OH excluding ortho intramolecular Hbond substituents is 2. The lowest BCUT2D eigenvalue weighted by Gasteiger charge is -2.11. The van der Waals surface area contributed by atoms with Gasteiger partial charge in [-0.3, -0.25) is 0 Å². The van der Waals surface area contributed by atoms with Crippen molar-refractivity contribution in [2.45, 2.75) is 13.8 Å². The SMILES string of the molecule is Cc1cc(O)ccc1Oc1ccc(O)cc1C. The lowest BCUT2D eigenvalue weighted by Crippen LogP contribution is -1.89. The first kappa shape index (κ1) is 11.3. The second kappa shape index (κ2) is 4.37. The van der Waals surface area contributed by atoms with Gasteiger partial charge in [0.15, 0.2) is 0 Å². The molecule has 2 N–H and O–H groups in total. The Hall–Kier alpha value is -2.16. The second-order valence-electron chi connectivity index (χ2n) is 4.00. The Morgan fingerprint density at radius 3 is 1.53 bits per heavy atom. The summed E-state index contributed by atoms with van der Waals surface area (Å²) in [4.78, 5) is 0. The number of rotatable bonds is 2. The molecule has 0 radical (unpaired) electrons. The molecule has 0 aromatic heterocycles. The third-order valence-electron chi connectivity index (χ3n) is 2.54. The molecule has 0 amide bonds. The molecule has 3 nitrogen and oxygen atoms in total. The summed E-state index contributed by atoms with van der Waals surface area (Å²) in [5.41, 5.74) is 1.72. The van der Waals surface area contributed by atoms with E-state index >= 15 is 0 Å². The quantitative estimate of drug-likeness (QED) is 0.830. The zero-order valence-corrected chi connectivity index (χ0v) is 9.77. The normalized spacial score (nSPS) is 10.2. The largest absolute Gasteiger partial charge is 0.508 e. The highest BCUT2D eigenvalue weighted by atomic mass is 16.5. The molecule has 2 rings (SSSR count). The summed E-state index contributed by atoms with van der Waals surface area (Å²) in [5.74, 6) is 1.82. The van der Waals surface area contributed by atoms with Crippen LogP contribution < -0.4 is 4.74 Å². The molecule has 0 heterocycles. The summed E-state index contributed by atoms with van der Waals surface area (Å²) in [6.45, 7) is 3.73. The third kappa shape index (κ3) is 2.50. The molecular weight excluding hydrogens is 216 g/mol. The van der Waals surface area contributed by atoms with E-state index in [0.717, 1.165) is 11.1 Å². The number of hydrogen-bond donors (Lipinski definition) is 2. The van der Waals surface area contributed by atoms with Crippen molar-refractivity contribution in [2.24, 2.45) is 0 Å². The van der Waals surface area contributed by atoms with Gasteiger partial charge in [0.1, 0.15) is 23.0 Å². The average Bonchev–Trinajstić information content (AvgIpc) is 2.25. The van der Waals surface area contributed by atoms with Gasteiger partial charge in [-0.1, -0.05) is 0 Å². The van der Waals surface area contributed by atoms with Crippen molar-refractivity contribution in [1.82, 2.24) is 0 Å². The van der Waals surface area contributed by atoms with Crippen LogP contribution in [0.5, 0.6) is 23.0 Å². The number of hydrogen-bond acceptors (Lipinski definition) is 3. The van der Waals surface area contributed by atoms with Crippen molar-refractivity contribution in [1.29, 1.82) is 0 Å². The number of aromatic hydroxyl groups is 2. The van der Waals surface area contributed by atoms with Crippen LogP contribution in [-0.2, 0) is 0 Å². The van der Waals surface area contributed by atoms with Crippen molar-refractivity contribution in [3.8, 4) is 23.0 Å². The van der Waals surface area contributed by atoms with Crippen molar-refractivity contribution in [2.75, 3.05) is 0 Å². The molecule has 0 aliphatic heterocycles. The molecule has 0 spiro atoms. The number of benzene rings is 2. The molecule has 0 atom stereocenters. The number of aryl methyl sites for hydroxylation is 2. The number of ether oxygens (including phenoxy) is 1. The smallest absolute Gasteiger partial charge is 0.130 e. The molecule has 0 saturated heterocycles. The van der Waals surface area contributed by atoms with E-state index in [0.29, 0.717) is 11.5 Å². The first-order valence-corrected chi connectivity index (χ1v) is 5.33. The van der Waals surface area contributed by atoms with Crippen molar-refractivity contribution in [3.05, 3.63) is 47.5 Å². The molecule has 2 aromatic carbocycles. The van der Waals surface area contributed by atoms with E-state index in [1.807, 2.05) is 13.8 Å². The lowest BCUT2D eigenvalue weighted by atomic mass is 10.2. The standard InChI is InChI=1S/C14H14O3/c1-9-7-11(15)3-5-13(9)17-14-6-4-12(16)8-10(14)2/h3-8,15-16H,1-2H3. The molecule has 0 aliphatic carbocycles. The topological polar surface area (TPSA) is 49.7 Å². The zero-order chi connectivity index (χ0) is 12.4. The Balaban J connectivity index is 2.31. The van der Waals surface area contributed by atoms with Crippen LogP contribution in [0.3, 0.4) is 0 Å². The van der Waals surface area contributed by atoms with E-state index in [-0.39, 0.29) is 11.5 Å². The molecule has 2 aromatic rings. The summed E-state index contributed by atoms with van der Waals surface area (Å²) < 4.78 is 5.73. The van der Waals surface area contributed by atoms with Crippen LogP contribution >= 0.6 is 0 Å². The van der Waals surface area contributed by atoms with Gasteiger partial charge in [-0.05, 0) is 61.4 Å². The van der Waals surface area contributed by atoms with Gasteiger partial charge in [-0.25, -0.2) is 0 Å². The van der Waals surface area contributed by atoms with Gasteiger partial charge in [-0.15, -0.1) is 0 Å². The molecule has 3 heteroatoms. The predicted octanol–water partition coefficient (Wildman–Crippen LogP) is 3.51. The molecular formula is C14H14O3. The summed E-state index contributed by atoms with van der Waals surface area (Å²) in [6.07, 6.45) is 0. The fraction of sp³-hybridized carbons (Fsp3) is 0.143. The monoisotopic (exact) mass is 230 g/mol. The van der Waals surface area contributed by atoms with E-state index in [4.69, 9.17) is 4.74 Å². The Labute approximate surface area is 99.9 Å². The van der Waals surface area contributed by atoms with Gasteiger partial charge in [0, 0.05) is 0 Å². The first-order valence-electron chi connectivity index (χ1n) is 5.33. The van der Waals surface area contributed by atoms with Gasteiger partial charge in [-0.2, -0.15) is 0 Å². The molecule has 17 heavy (non-hydrogen) atoms. The van der Waals surface area contributed by atoms with E-state index < -0.39 is 0 Å². The molecule has 0 saturated carbocycles. The molecule has 88 valence electrons. The molecule has 0 aliphatic rings. The van der Waals surface area contributed by atoms with Crippen molar-refractivity contribution < 1.29 is 14.9 Å². The summed E-state index contributed by atoms with van der Waals surface area (Å²) in [7, 11) is 0. The minimum Gasteiger partial charge on any atom is -0.508 e. The highest BCUT2D eigenvalue weighted by Crippen LogP contribution is 2.31. The lowest BCUT2D eigenvalue weighted by molar-refractivity contribution is 0.454. The van der Waals surface area contributed by atoms with Gasteiger partial charge in [0.05, 0.1) is 0 Å². The Morgan fingerprint density at radius 2 is 1.18 bits per heavy atom. The minimum atomic E-state index is 0.220. The highest BCUT2D eigenvalue weighted by Gasteiger charge is 2.05. The van der Waals surface area contributed by atoms with Crippen LogP contribution in [0.2, 0.25) is 0 Å². The predicted molar refractivity (Wildman–Crippen MR) is 65.8 cm³/mol. The molecule has 0 fully saturated rings. The summed E-state index contributed by atoms with van der Waals surface area (Å²) in [5, 5.41) is 18.6. The second-order valence-corrected chi connectivity index (χ2v) is 4.00. The van der Waals surface area contributed by atoms with Crippen LogP contribution in [0, 0.1) is 13.8 Å². The van der Waals surface area contributed by atoms with Gasteiger partial charge in [0.25, 0.3) is 0 Å². The summed E-state index contributed by atoms with van der Waals surface area (Å²) in [6, 6.07) is 9.89. The first-order chi connectivity index (χ1) is 8.06. The number of phenols is 2. The van der Waals surface area contributed by atoms with Crippen LogP contribution in [0.4, 0.5) is 0 Å². The fourth-order valence-electron chi connectivity index (χ4n) is 1.61. The Kier molecular flexibility index (Phi) is 2.91. The van der Waals surface area contributed by atoms with Crippen LogP contribution in [0.1, 0.15) is 11.1 Å². The average molecular weight is 230 g/mol. The van der Waals surface area contributed by atoms with Crippen LogP contribution in [0.25, 0.3) is 0 Å². The van der Waals surface area contributed by atoms with Gasteiger partial charge < -0.3 is 14.9 Å². The minimum absolute atomic E-state index is 0.220. The molecule has 0 bridgehead atoms. The van der Waals surface area contributed by atoms with E-state index in [9.17, 15) is 10.2 Å². The van der Waals surface area contributed by atoms with E-state index in [1.54, 1.807) is 36.4 Å². The van der Waals surface area contributed by atoms with Crippen LogP contribution in [0.15, 0.2) is 36.4 Å². The fourth-order valence-corrected chi connectivity index (χ4v) is 1.61. The maximum Gasteiger partial charge on any atom is 0.130 e. The third-order valence-corrected chi connectivity index (χ3v) is 2.54. The van der Waals surface area contributed by atoms with Crippen molar-refractivity contribution in [3.63, 3.8) is 0 Å². The van der Waals surface area contributed by atoms with E-state index in [2.05, 4.69) is 0 Å². The highest BCUT2D eigenvalue weighted by molar-refractivity contribution is 5.45. The zero-order valence-electron chi connectivity index (χ0n) is 9.77. The van der Waals surface area contributed by atoms with Gasteiger partial charge in [0.2, 0.25) is 0 Å². The Bertz CT molecular complexity index is 498. The maximum atomic E-state index is 9.31. The summed E-state index contributed by atoms with van der Waals surface area (Å²) >= 11 is 0. The maximum absolute atomic E-state index is 9.31. The molecule has 0 unspecified atom stereocenters. The van der Waals surface area contributed by atoms with Gasteiger partial charge >= 0.3 is 0 Å². The van der Waals surface area contributed by atoms with Crippen LogP contribution in [-0.4, -0.2) is 10.2 Å². The van der Waals surface area contributed by atoms with Crippen molar-refractivity contribution >= 4 is 0 Å².